The lowest BCUT2D eigenvalue weighted by Gasteiger charge is -2.40. The summed E-state index contributed by atoms with van der Waals surface area (Å²) in [7, 11) is 0. The molecular weight excluding hydrogens is 674 g/mol. The van der Waals surface area contributed by atoms with Crippen LogP contribution in [-0.2, 0) is 14.3 Å². The molecule has 1 heterocycles. The van der Waals surface area contributed by atoms with Gasteiger partial charge in [0.2, 0.25) is 5.91 Å². The predicted octanol–water partition coefficient (Wildman–Crippen LogP) is 7.08. The van der Waals surface area contributed by atoms with E-state index in [1.807, 2.05) is 6.08 Å². The molecule has 0 spiro atoms. The van der Waals surface area contributed by atoms with Crippen LogP contribution in [0.4, 0.5) is 0 Å². The first-order valence-corrected chi connectivity index (χ1v) is 21.2. The monoisotopic (exact) mass is 754 g/mol. The number of carbonyl (C=O) groups is 1. The third kappa shape index (κ3) is 23.8. The van der Waals surface area contributed by atoms with Gasteiger partial charge < -0.3 is 45.4 Å². The Bertz CT molecular complexity index is 971. The zero-order chi connectivity index (χ0) is 39.1. The standard InChI is InChI=1S/C43H79NO9/c1-4-6-8-10-12-13-14-15-16-17-18-20-22-26-31-37(47)42(51)44-35(33-52-43-41(50)40(49)39(48)38(32-45)53-43)36(46)30-27-23-25-29-34(3)28-24-21-19-11-9-7-5-2/h24,27-30,35-41,43,45-50H,4-23,25-26,31-33H2,1-3H3,(H,44,51)/b28-24+,30-27+,34-29+/t35?,36-,37-,38?,39?,40?,41?,43?/m1/s1. The van der Waals surface area contributed by atoms with Gasteiger partial charge in [-0.05, 0) is 39.0 Å². The van der Waals surface area contributed by atoms with Gasteiger partial charge in [-0.2, -0.15) is 0 Å². The van der Waals surface area contributed by atoms with E-state index in [1.54, 1.807) is 6.08 Å². The molecule has 1 fully saturated rings. The van der Waals surface area contributed by atoms with Crippen molar-refractivity contribution < 1.29 is 44.9 Å². The van der Waals surface area contributed by atoms with Crippen LogP contribution in [0.25, 0.3) is 0 Å². The van der Waals surface area contributed by atoms with Crippen LogP contribution in [0.2, 0.25) is 0 Å². The van der Waals surface area contributed by atoms with Crippen molar-refractivity contribution in [3.05, 3.63) is 36.0 Å². The summed E-state index contributed by atoms with van der Waals surface area (Å²) in [4.78, 5) is 13.0. The number of aliphatic hydroxyl groups excluding tert-OH is 6. The minimum absolute atomic E-state index is 0.301. The Kier molecular flexibility index (Phi) is 30.4. The average Bonchev–Trinajstić information content (AvgIpc) is 3.15. The number of rotatable bonds is 33. The number of allylic oxidation sites excluding steroid dienone is 5. The summed E-state index contributed by atoms with van der Waals surface area (Å²) < 4.78 is 11.1. The van der Waals surface area contributed by atoms with Crippen LogP contribution in [0.5, 0.6) is 0 Å². The van der Waals surface area contributed by atoms with E-state index in [9.17, 15) is 35.4 Å². The molecule has 0 radical (unpaired) electrons. The second kappa shape index (κ2) is 32.6. The first kappa shape index (κ1) is 49.4. The first-order valence-electron chi connectivity index (χ1n) is 21.2. The van der Waals surface area contributed by atoms with Gasteiger partial charge in [-0.3, -0.25) is 4.79 Å². The third-order valence-corrected chi connectivity index (χ3v) is 10.2. The molecule has 1 amide bonds. The maximum absolute atomic E-state index is 13.0. The average molecular weight is 754 g/mol. The van der Waals surface area contributed by atoms with Crippen molar-refractivity contribution in [3.63, 3.8) is 0 Å². The maximum atomic E-state index is 13.0. The fraction of sp³-hybridized carbons (Fsp3) is 0.837. The summed E-state index contributed by atoms with van der Waals surface area (Å²) in [5.41, 5.74) is 1.18. The van der Waals surface area contributed by atoms with E-state index in [1.165, 1.54) is 102 Å². The van der Waals surface area contributed by atoms with Crippen molar-refractivity contribution in [3.8, 4) is 0 Å². The van der Waals surface area contributed by atoms with Crippen molar-refractivity contribution in [1.29, 1.82) is 0 Å². The van der Waals surface area contributed by atoms with Crippen LogP contribution < -0.4 is 5.32 Å². The van der Waals surface area contributed by atoms with Crippen LogP contribution in [0.15, 0.2) is 36.0 Å². The number of nitrogens with one attached hydrogen (secondary N) is 1. The second-order valence-electron chi connectivity index (χ2n) is 15.1. The minimum atomic E-state index is -1.62. The Hall–Kier alpha value is -1.63. The van der Waals surface area contributed by atoms with Crippen molar-refractivity contribution in [2.45, 2.75) is 217 Å². The maximum Gasteiger partial charge on any atom is 0.249 e. The molecule has 310 valence electrons. The molecule has 6 unspecified atom stereocenters. The van der Waals surface area contributed by atoms with E-state index in [0.29, 0.717) is 19.3 Å². The molecule has 0 aliphatic carbocycles. The van der Waals surface area contributed by atoms with E-state index >= 15 is 0 Å². The lowest BCUT2D eigenvalue weighted by Crippen LogP contribution is -2.60. The second-order valence-corrected chi connectivity index (χ2v) is 15.1. The lowest BCUT2D eigenvalue weighted by atomic mass is 9.99. The highest BCUT2D eigenvalue weighted by Gasteiger charge is 2.44. The minimum Gasteiger partial charge on any atom is -0.394 e. The molecule has 8 atom stereocenters. The van der Waals surface area contributed by atoms with Gasteiger partial charge >= 0.3 is 0 Å². The number of amides is 1. The molecule has 0 aromatic heterocycles. The molecule has 10 nitrogen and oxygen atoms in total. The molecule has 0 saturated carbocycles. The molecule has 0 aromatic carbocycles. The summed E-state index contributed by atoms with van der Waals surface area (Å²) in [6.45, 7) is 5.60. The summed E-state index contributed by atoms with van der Waals surface area (Å²) in [5.74, 6) is -0.634. The fourth-order valence-corrected chi connectivity index (χ4v) is 6.55. The summed E-state index contributed by atoms with van der Waals surface area (Å²) in [5, 5.41) is 64.5. The highest BCUT2D eigenvalue weighted by Crippen LogP contribution is 2.22. The van der Waals surface area contributed by atoms with E-state index < -0.39 is 61.5 Å². The number of aliphatic hydroxyl groups is 6. The molecule has 0 aromatic rings. The summed E-state index contributed by atoms with van der Waals surface area (Å²) >= 11 is 0. The molecule has 10 heteroatoms. The fourth-order valence-electron chi connectivity index (χ4n) is 6.55. The Balaban J connectivity index is 2.57. The topological polar surface area (TPSA) is 169 Å². The molecule has 1 rings (SSSR count). The van der Waals surface area contributed by atoms with Gasteiger partial charge in [0, 0.05) is 0 Å². The van der Waals surface area contributed by atoms with Crippen LogP contribution in [0, 0.1) is 0 Å². The van der Waals surface area contributed by atoms with E-state index in [2.05, 4.69) is 44.3 Å². The van der Waals surface area contributed by atoms with Crippen molar-refractivity contribution in [2.24, 2.45) is 0 Å². The number of carbonyl (C=O) groups excluding carboxylic acids is 1. The number of ether oxygens (including phenoxy) is 2. The predicted molar refractivity (Wildman–Crippen MR) is 213 cm³/mol. The Morgan fingerprint density at radius 1 is 0.717 bits per heavy atom. The largest absolute Gasteiger partial charge is 0.394 e. The van der Waals surface area contributed by atoms with E-state index in [0.717, 1.165) is 32.1 Å². The highest BCUT2D eigenvalue weighted by atomic mass is 16.7. The van der Waals surface area contributed by atoms with Gasteiger partial charge in [-0.1, -0.05) is 165 Å². The Morgan fingerprint density at radius 3 is 1.83 bits per heavy atom. The van der Waals surface area contributed by atoms with Gasteiger partial charge in [0.25, 0.3) is 0 Å². The smallest absolute Gasteiger partial charge is 0.249 e. The molecule has 1 saturated heterocycles. The number of unbranched alkanes of at least 4 members (excludes halogenated alkanes) is 19. The lowest BCUT2D eigenvalue weighted by molar-refractivity contribution is -0.302. The van der Waals surface area contributed by atoms with Crippen LogP contribution in [-0.4, -0.2) is 98.7 Å². The zero-order valence-corrected chi connectivity index (χ0v) is 33.6. The number of hydrogen-bond donors (Lipinski definition) is 7. The first-order chi connectivity index (χ1) is 25.7. The van der Waals surface area contributed by atoms with Gasteiger partial charge in [-0.15, -0.1) is 0 Å². The molecule has 1 aliphatic rings. The number of hydrogen-bond acceptors (Lipinski definition) is 9. The van der Waals surface area contributed by atoms with Crippen LogP contribution >= 0.6 is 0 Å². The zero-order valence-electron chi connectivity index (χ0n) is 33.6. The SMILES string of the molecule is CCCCCCC/C=C/C(C)=C/CC/C=C/[C@@H](O)C(COC1OC(CO)C(O)C(O)C1O)NC(=O)[C@H](O)CCCCCCCCCCCCCCCC. The van der Waals surface area contributed by atoms with Crippen molar-refractivity contribution in [2.75, 3.05) is 13.2 Å². The molecule has 1 aliphatic heterocycles. The van der Waals surface area contributed by atoms with Crippen molar-refractivity contribution in [1.82, 2.24) is 5.32 Å². The Labute approximate surface area is 322 Å². The van der Waals surface area contributed by atoms with Gasteiger partial charge in [0.1, 0.15) is 30.5 Å². The summed E-state index contributed by atoms with van der Waals surface area (Å²) in [6.07, 6.45) is 26.2. The Morgan fingerprint density at radius 2 is 1.26 bits per heavy atom. The van der Waals surface area contributed by atoms with Crippen LogP contribution in [0.3, 0.4) is 0 Å². The van der Waals surface area contributed by atoms with Gasteiger partial charge in [-0.25, -0.2) is 0 Å². The normalized spacial score (nSPS) is 22.8. The molecular formula is C43H79NO9. The van der Waals surface area contributed by atoms with Crippen LogP contribution in [0.1, 0.15) is 168 Å². The van der Waals surface area contributed by atoms with Gasteiger partial charge in [0.05, 0.1) is 25.4 Å². The summed E-state index contributed by atoms with van der Waals surface area (Å²) in [6, 6.07) is -1.00. The molecule has 0 bridgehead atoms. The van der Waals surface area contributed by atoms with Crippen molar-refractivity contribution >= 4 is 5.91 Å². The highest BCUT2D eigenvalue weighted by molar-refractivity contribution is 5.80. The molecule has 7 N–H and O–H groups in total. The van der Waals surface area contributed by atoms with E-state index in [-0.39, 0.29) is 6.61 Å². The molecule has 53 heavy (non-hydrogen) atoms. The van der Waals surface area contributed by atoms with Gasteiger partial charge in [0.15, 0.2) is 6.29 Å². The van der Waals surface area contributed by atoms with E-state index in [4.69, 9.17) is 9.47 Å². The third-order valence-electron chi connectivity index (χ3n) is 10.2. The quantitative estimate of drug-likeness (QED) is 0.0210.